The van der Waals surface area contributed by atoms with Gasteiger partial charge in [0.25, 0.3) is 0 Å². The van der Waals surface area contributed by atoms with E-state index in [0.717, 1.165) is 10.7 Å². The maximum absolute atomic E-state index is 12.1. The standard InChI is InChI=1S/C19H23N3O5S/c1-26-16-10-22(18-20-14(12-28-18)9-17(23)24)8-7-15(16)21-19(25)27-11-13-5-3-2-4-6-13/h2-6,12,15-16H,7-11H2,1H3,(H,21,25)(H,23,24)/t15-,16+/m0/s1. The first-order valence-electron chi connectivity index (χ1n) is 8.96. The highest BCUT2D eigenvalue weighted by molar-refractivity contribution is 7.13. The Morgan fingerprint density at radius 3 is 2.86 bits per heavy atom. The molecule has 0 radical (unpaired) electrons. The number of carboxylic acid groups (broad SMARTS) is 1. The fourth-order valence-corrected chi connectivity index (χ4v) is 3.95. The average Bonchev–Trinajstić information content (AvgIpc) is 3.15. The van der Waals surface area contributed by atoms with Crippen LogP contribution >= 0.6 is 11.3 Å². The van der Waals surface area contributed by atoms with Crippen molar-refractivity contribution in [2.45, 2.75) is 31.6 Å². The number of aliphatic carboxylic acids is 1. The number of aromatic nitrogens is 1. The van der Waals surface area contributed by atoms with E-state index < -0.39 is 12.1 Å². The van der Waals surface area contributed by atoms with Gasteiger partial charge in [0.15, 0.2) is 5.13 Å². The number of hydrogen-bond donors (Lipinski definition) is 2. The summed E-state index contributed by atoms with van der Waals surface area (Å²) in [5, 5.41) is 14.3. The van der Waals surface area contributed by atoms with Crippen LogP contribution in [0.3, 0.4) is 0 Å². The van der Waals surface area contributed by atoms with Crippen LogP contribution in [-0.2, 0) is 27.3 Å². The summed E-state index contributed by atoms with van der Waals surface area (Å²) in [6.07, 6.45) is -0.102. The van der Waals surface area contributed by atoms with Crippen LogP contribution in [0.1, 0.15) is 17.7 Å². The number of amides is 1. The summed E-state index contributed by atoms with van der Waals surface area (Å²) in [4.78, 5) is 29.4. The molecule has 0 bridgehead atoms. The predicted molar refractivity (Wildman–Crippen MR) is 105 cm³/mol. The van der Waals surface area contributed by atoms with E-state index in [-0.39, 0.29) is 25.2 Å². The van der Waals surface area contributed by atoms with Crippen LogP contribution < -0.4 is 10.2 Å². The number of carbonyl (C=O) groups excluding carboxylic acids is 1. The summed E-state index contributed by atoms with van der Waals surface area (Å²) in [5.41, 5.74) is 1.47. The van der Waals surface area contributed by atoms with Crippen LogP contribution in [0.2, 0.25) is 0 Å². The highest BCUT2D eigenvalue weighted by Gasteiger charge is 2.32. The number of anilines is 1. The molecule has 28 heavy (non-hydrogen) atoms. The van der Waals surface area contributed by atoms with Crippen molar-refractivity contribution >= 4 is 28.5 Å². The second-order valence-corrected chi connectivity index (χ2v) is 7.35. The molecule has 1 aliphatic rings. The van der Waals surface area contributed by atoms with Crippen molar-refractivity contribution < 1.29 is 24.2 Å². The van der Waals surface area contributed by atoms with Crippen molar-refractivity contribution in [2.75, 3.05) is 25.1 Å². The zero-order valence-corrected chi connectivity index (χ0v) is 16.4. The van der Waals surface area contributed by atoms with E-state index >= 15 is 0 Å². The third-order valence-electron chi connectivity index (χ3n) is 4.52. The number of carbonyl (C=O) groups is 2. The maximum atomic E-state index is 12.1. The number of methoxy groups -OCH3 is 1. The Morgan fingerprint density at radius 2 is 2.14 bits per heavy atom. The third kappa shape index (κ3) is 5.43. The fourth-order valence-electron chi connectivity index (χ4n) is 3.09. The van der Waals surface area contributed by atoms with Gasteiger partial charge in [-0.2, -0.15) is 0 Å². The fraction of sp³-hybridized carbons (Fsp3) is 0.421. The molecule has 1 aromatic heterocycles. The molecule has 9 heteroatoms. The molecule has 2 N–H and O–H groups in total. The monoisotopic (exact) mass is 405 g/mol. The Morgan fingerprint density at radius 1 is 1.36 bits per heavy atom. The molecule has 2 heterocycles. The van der Waals surface area contributed by atoms with Gasteiger partial charge in [-0.25, -0.2) is 9.78 Å². The number of thiazole rings is 1. The van der Waals surface area contributed by atoms with Crippen LogP contribution in [0.15, 0.2) is 35.7 Å². The minimum absolute atomic E-state index is 0.0878. The van der Waals surface area contributed by atoms with Gasteiger partial charge in [0, 0.05) is 25.6 Å². The molecule has 0 aliphatic carbocycles. The lowest BCUT2D eigenvalue weighted by atomic mass is 10.0. The van der Waals surface area contributed by atoms with E-state index in [9.17, 15) is 9.59 Å². The summed E-state index contributed by atoms with van der Waals surface area (Å²) in [7, 11) is 1.61. The number of nitrogens with zero attached hydrogens (tertiary/aromatic N) is 2. The van der Waals surface area contributed by atoms with E-state index in [4.69, 9.17) is 14.6 Å². The molecule has 3 rings (SSSR count). The molecule has 1 fully saturated rings. The molecular formula is C19H23N3O5S. The second kappa shape index (κ2) is 9.52. The maximum Gasteiger partial charge on any atom is 0.407 e. The van der Waals surface area contributed by atoms with Crippen molar-refractivity contribution in [2.24, 2.45) is 0 Å². The third-order valence-corrected chi connectivity index (χ3v) is 5.47. The molecule has 1 amide bonds. The molecular weight excluding hydrogens is 382 g/mol. The van der Waals surface area contributed by atoms with E-state index in [1.807, 2.05) is 30.3 Å². The van der Waals surface area contributed by atoms with Crippen LogP contribution in [0, 0.1) is 0 Å². The van der Waals surface area contributed by atoms with Gasteiger partial charge >= 0.3 is 12.1 Å². The molecule has 2 atom stereocenters. The van der Waals surface area contributed by atoms with Gasteiger partial charge in [0.1, 0.15) is 6.61 Å². The molecule has 150 valence electrons. The molecule has 0 unspecified atom stereocenters. The number of hydrogen-bond acceptors (Lipinski definition) is 7. The van der Waals surface area contributed by atoms with Crippen LogP contribution in [0.25, 0.3) is 0 Å². The molecule has 0 saturated carbocycles. The Balaban J connectivity index is 1.52. The summed E-state index contributed by atoms with van der Waals surface area (Å²) in [6, 6.07) is 9.34. The largest absolute Gasteiger partial charge is 0.481 e. The molecule has 1 saturated heterocycles. The number of ether oxygens (including phenoxy) is 2. The van der Waals surface area contributed by atoms with E-state index in [0.29, 0.717) is 25.2 Å². The molecule has 8 nitrogen and oxygen atoms in total. The van der Waals surface area contributed by atoms with E-state index in [2.05, 4.69) is 15.2 Å². The van der Waals surface area contributed by atoms with Crippen LogP contribution in [0.4, 0.5) is 9.93 Å². The van der Waals surface area contributed by atoms with Gasteiger partial charge in [-0.05, 0) is 12.0 Å². The normalized spacial score (nSPS) is 19.2. The lowest BCUT2D eigenvalue weighted by Gasteiger charge is -2.37. The quantitative estimate of drug-likeness (QED) is 0.729. The number of benzene rings is 1. The lowest BCUT2D eigenvalue weighted by Crippen LogP contribution is -2.55. The number of rotatable bonds is 7. The Labute approximate surface area is 167 Å². The topological polar surface area (TPSA) is 101 Å². The Hall–Kier alpha value is -2.65. The SMILES string of the molecule is CO[C@@H]1CN(c2nc(CC(=O)O)cs2)CC[C@@H]1NC(=O)OCc1ccccc1. The summed E-state index contributed by atoms with van der Waals surface area (Å²) in [5.74, 6) is -0.899. The van der Waals surface area contributed by atoms with Crippen molar-refractivity contribution in [3.63, 3.8) is 0 Å². The van der Waals surface area contributed by atoms with Crippen LogP contribution in [0.5, 0.6) is 0 Å². The summed E-state index contributed by atoms with van der Waals surface area (Å²) >= 11 is 1.42. The average molecular weight is 405 g/mol. The first kappa shape index (κ1) is 20.1. The first-order valence-corrected chi connectivity index (χ1v) is 9.84. The van der Waals surface area contributed by atoms with Gasteiger partial charge in [0.2, 0.25) is 0 Å². The second-order valence-electron chi connectivity index (χ2n) is 6.51. The Bertz CT molecular complexity index is 798. The smallest absolute Gasteiger partial charge is 0.407 e. The van der Waals surface area contributed by atoms with E-state index in [1.165, 1.54) is 11.3 Å². The minimum atomic E-state index is -0.899. The zero-order valence-electron chi connectivity index (χ0n) is 15.5. The van der Waals surface area contributed by atoms with Crippen molar-refractivity contribution in [1.29, 1.82) is 0 Å². The zero-order chi connectivity index (χ0) is 19.9. The van der Waals surface area contributed by atoms with Gasteiger partial charge in [-0.15, -0.1) is 11.3 Å². The summed E-state index contributed by atoms with van der Waals surface area (Å²) < 4.78 is 10.9. The predicted octanol–water partition coefficient (Wildman–Crippen LogP) is 2.29. The minimum Gasteiger partial charge on any atom is -0.481 e. The summed E-state index contributed by atoms with van der Waals surface area (Å²) in [6.45, 7) is 1.46. The number of alkyl carbamates (subject to hydrolysis) is 1. The van der Waals surface area contributed by atoms with E-state index in [1.54, 1.807) is 12.5 Å². The number of piperidine rings is 1. The molecule has 1 aliphatic heterocycles. The Kier molecular flexibility index (Phi) is 6.83. The number of carboxylic acids is 1. The van der Waals surface area contributed by atoms with Crippen molar-refractivity contribution in [3.8, 4) is 0 Å². The highest BCUT2D eigenvalue weighted by Crippen LogP contribution is 2.25. The highest BCUT2D eigenvalue weighted by atomic mass is 32.1. The molecule has 0 spiro atoms. The van der Waals surface area contributed by atoms with Gasteiger partial charge in [-0.3, -0.25) is 4.79 Å². The molecule has 2 aromatic rings. The van der Waals surface area contributed by atoms with Crippen LogP contribution in [-0.4, -0.2) is 54.5 Å². The van der Waals surface area contributed by atoms with Gasteiger partial charge in [0.05, 0.1) is 24.3 Å². The van der Waals surface area contributed by atoms with Gasteiger partial charge in [-0.1, -0.05) is 30.3 Å². The van der Waals surface area contributed by atoms with Crippen molar-refractivity contribution in [1.82, 2.24) is 10.3 Å². The lowest BCUT2D eigenvalue weighted by molar-refractivity contribution is -0.136. The first-order chi connectivity index (χ1) is 13.5. The van der Waals surface area contributed by atoms with Crippen molar-refractivity contribution in [3.05, 3.63) is 47.0 Å². The molecule has 1 aromatic carbocycles. The number of nitrogens with one attached hydrogen (secondary N) is 1. The van der Waals surface area contributed by atoms with Gasteiger partial charge < -0.3 is 24.8 Å².